The van der Waals surface area contributed by atoms with Crippen LogP contribution in [-0.4, -0.2) is 12.2 Å². The van der Waals surface area contributed by atoms with Crippen LogP contribution in [-0.2, 0) is 13.2 Å². The van der Waals surface area contributed by atoms with Crippen molar-refractivity contribution in [3.05, 3.63) is 59.2 Å². The molecule has 0 atom stereocenters. The summed E-state index contributed by atoms with van der Waals surface area (Å²) in [6.07, 6.45) is 0. The van der Waals surface area contributed by atoms with Gasteiger partial charge in [-0.1, -0.05) is 12.1 Å². The Morgan fingerprint density at radius 1 is 1.10 bits per heavy atom. The molecule has 3 nitrogen and oxygen atoms in total. The summed E-state index contributed by atoms with van der Waals surface area (Å²) in [5.74, 6) is -0.507. The van der Waals surface area contributed by atoms with Gasteiger partial charge >= 0.3 is 0 Å². The van der Waals surface area contributed by atoms with Crippen LogP contribution in [0, 0.1) is 11.6 Å². The highest BCUT2D eigenvalue weighted by molar-refractivity contribution is 5.46. The third-order valence-electron chi connectivity index (χ3n) is 2.76. The normalized spacial score (nSPS) is 10.4. The number of halogens is 2. The van der Waals surface area contributed by atoms with Crippen LogP contribution in [0.5, 0.6) is 11.5 Å². The summed E-state index contributed by atoms with van der Waals surface area (Å²) >= 11 is 0. The Kier molecular flexibility index (Phi) is 4.53. The first-order valence-electron chi connectivity index (χ1n) is 5.98. The first-order chi connectivity index (χ1) is 9.63. The van der Waals surface area contributed by atoms with Crippen LogP contribution >= 0.6 is 0 Å². The van der Waals surface area contributed by atoms with Crippen molar-refractivity contribution in [3.63, 3.8) is 0 Å². The first kappa shape index (κ1) is 14.3. The molecule has 0 spiro atoms. The van der Waals surface area contributed by atoms with Gasteiger partial charge in [0.15, 0.2) is 11.5 Å². The Labute approximate surface area is 115 Å². The molecule has 0 amide bonds. The molecule has 0 saturated heterocycles. The van der Waals surface area contributed by atoms with E-state index in [1.807, 2.05) is 0 Å². The molecule has 0 radical (unpaired) electrons. The molecule has 0 heterocycles. The average molecular weight is 280 g/mol. The molecule has 2 aromatic carbocycles. The number of methoxy groups -OCH3 is 1. The molecule has 0 unspecified atom stereocenters. The number of rotatable bonds is 5. The molecule has 0 aliphatic rings. The van der Waals surface area contributed by atoms with E-state index < -0.39 is 11.6 Å². The smallest absolute Gasteiger partial charge is 0.167 e. The largest absolute Gasteiger partial charge is 0.493 e. The number of para-hydroxylation sites is 1. The van der Waals surface area contributed by atoms with E-state index in [0.29, 0.717) is 22.6 Å². The summed E-state index contributed by atoms with van der Waals surface area (Å²) < 4.78 is 36.8. The Morgan fingerprint density at radius 3 is 2.40 bits per heavy atom. The zero-order valence-corrected chi connectivity index (χ0v) is 10.9. The van der Waals surface area contributed by atoms with Crippen molar-refractivity contribution in [3.8, 4) is 11.5 Å². The van der Waals surface area contributed by atoms with Gasteiger partial charge in [-0.05, 0) is 23.8 Å². The fourth-order valence-electron chi connectivity index (χ4n) is 1.86. The minimum atomic E-state index is -0.661. The lowest BCUT2D eigenvalue weighted by atomic mass is 10.2. The Bertz CT molecular complexity index is 557. The van der Waals surface area contributed by atoms with Gasteiger partial charge in [0.1, 0.15) is 18.2 Å². The number of hydrogen-bond acceptors (Lipinski definition) is 3. The highest BCUT2D eigenvalue weighted by Gasteiger charge is 2.10. The summed E-state index contributed by atoms with van der Waals surface area (Å²) in [5, 5.41) is 9.27. The maximum atomic E-state index is 13.1. The lowest BCUT2D eigenvalue weighted by Gasteiger charge is -2.14. The fraction of sp³-hybridized carbons (Fsp3) is 0.200. The number of ether oxygens (including phenoxy) is 2. The average Bonchev–Trinajstić information content (AvgIpc) is 2.43. The monoisotopic (exact) mass is 280 g/mol. The molecule has 1 N–H and O–H groups in total. The molecule has 2 rings (SSSR count). The first-order valence-corrected chi connectivity index (χ1v) is 5.98. The van der Waals surface area contributed by atoms with Gasteiger partial charge in [-0.3, -0.25) is 0 Å². The zero-order valence-electron chi connectivity index (χ0n) is 10.9. The molecule has 0 bridgehead atoms. The third kappa shape index (κ3) is 3.24. The number of aliphatic hydroxyl groups excluding tert-OH is 1. The molecule has 0 aliphatic heterocycles. The van der Waals surface area contributed by atoms with Gasteiger partial charge in [-0.25, -0.2) is 8.78 Å². The summed E-state index contributed by atoms with van der Waals surface area (Å²) in [7, 11) is 1.48. The quantitative estimate of drug-likeness (QED) is 0.915. The topological polar surface area (TPSA) is 38.7 Å². The highest BCUT2D eigenvalue weighted by Crippen LogP contribution is 2.31. The van der Waals surface area contributed by atoms with Gasteiger partial charge in [0, 0.05) is 11.6 Å². The van der Waals surface area contributed by atoms with Crippen LogP contribution in [0.4, 0.5) is 8.78 Å². The molecule has 106 valence electrons. The Hall–Kier alpha value is -2.14. The summed E-state index contributed by atoms with van der Waals surface area (Å²) in [6.45, 7) is -0.244. The minimum Gasteiger partial charge on any atom is -0.493 e. The van der Waals surface area contributed by atoms with E-state index in [9.17, 15) is 13.9 Å². The second-order valence-electron chi connectivity index (χ2n) is 4.17. The second kappa shape index (κ2) is 6.34. The van der Waals surface area contributed by atoms with E-state index in [4.69, 9.17) is 9.47 Å². The molecule has 20 heavy (non-hydrogen) atoms. The van der Waals surface area contributed by atoms with Crippen LogP contribution in [0.25, 0.3) is 0 Å². The van der Waals surface area contributed by atoms with Crippen molar-refractivity contribution in [1.29, 1.82) is 0 Å². The predicted molar refractivity (Wildman–Crippen MR) is 69.6 cm³/mol. The summed E-state index contributed by atoms with van der Waals surface area (Å²) in [6, 6.07) is 8.27. The molecule has 0 aromatic heterocycles. The summed E-state index contributed by atoms with van der Waals surface area (Å²) in [5.41, 5.74) is 0.901. The van der Waals surface area contributed by atoms with Crippen molar-refractivity contribution in [2.75, 3.05) is 7.11 Å². The van der Waals surface area contributed by atoms with E-state index in [-0.39, 0.29) is 13.2 Å². The van der Waals surface area contributed by atoms with Crippen molar-refractivity contribution in [2.24, 2.45) is 0 Å². The molecule has 0 saturated carbocycles. The third-order valence-corrected chi connectivity index (χ3v) is 2.76. The van der Waals surface area contributed by atoms with E-state index in [2.05, 4.69) is 0 Å². The number of aliphatic hydroxyl groups is 1. The zero-order chi connectivity index (χ0) is 14.5. The van der Waals surface area contributed by atoms with Crippen LogP contribution in [0.15, 0.2) is 36.4 Å². The van der Waals surface area contributed by atoms with Crippen molar-refractivity contribution in [1.82, 2.24) is 0 Å². The van der Waals surface area contributed by atoms with Gasteiger partial charge < -0.3 is 14.6 Å². The molecular formula is C15H14F2O3. The highest BCUT2D eigenvalue weighted by atomic mass is 19.1. The lowest BCUT2D eigenvalue weighted by Crippen LogP contribution is -2.02. The van der Waals surface area contributed by atoms with Gasteiger partial charge in [0.25, 0.3) is 0 Å². The maximum Gasteiger partial charge on any atom is 0.167 e. The van der Waals surface area contributed by atoms with Crippen LogP contribution in [0.2, 0.25) is 0 Å². The van der Waals surface area contributed by atoms with Crippen LogP contribution in [0.3, 0.4) is 0 Å². The van der Waals surface area contributed by atoms with Gasteiger partial charge in [-0.2, -0.15) is 0 Å². The standard InChI is InChI=1S/C15H14F2O3/c1-19-14-4-2-3-11(8-18)15(14)20-9-10-5-12(16)7-13(17)6-10/h2-7,18H,8-9H2,1H3. The minimum absolute atomic E-state index is 0.0257. The number of benzene rings is 2. The molecule has 0 aliphatic carbocycles. The van der Waals surface area contributed by atoms with E-state index in [1.54, 1.807) is 18.2 Å². The van der Waals surface area contributed by atoms with Gasteiger partial charge in [0.05, 0.1) is 13.7 Å². The van der Waals surface area contributed by atoms with Crippen LogP contribution < -0.4 is 9.47 Å². The second-order valence-corrected chi connectivity index (χ2v) is 4.17. The van der Waals surface area contributed by atoms with Crippen molar-refractivity contribution >= 4 is 0 Å². The molecule has 5 heteroatoms. The fourth-order valence-corrected chi connectivity index (χ4v) is 1.86. The van der Waals surface area contributed by atoms with Crippen molar-refractivity contribution < 1.29 is 23.4 Å². The molecule has 2 aromatic rings. The Balaban J connectivity index is 2.22. The molecular weight excluding hydrogens is 266 g/mol. The molecule has 0 fully saturated rings. The van der Waals surface area contributed by atoms with Crippen molar-refractivity contribution in [2.45, 2.75) is 13.2 Å². The van der Waals surface area contributed by atoms with Crippen LogP contribution in [0.1, 0.15) is 11.1 Å². The number of hydrogen-bond donors (Lipinski definition) is 1. The SMILES string of the molecule is COc1cccc(CO)c1OCc1cc(F)cc(F)c1. The van der Waals surface area contributed by atoms with E-state index in [0.717, 1.165) is 6.07 Å². The van der Waals surface area contributed by atoms with Gasteiger partial charge in [0.2, 0.25) is 0 Å². The summed E-state index contributed by atoms with van der Waals surface area (Å²) in [4.78, 5) is 0. The lowest BCUT2D eigenvalue weighted by molar-refractivity contribution is 0.249. The van der Waals surface area contributed by atoms with Gasteiger partial charge in [-0.15, -0.1) is 0 Å². The predicted octanol–water partition coefficient (Wildman–Crippen LogP) is 3.04. The maximum absolute atomic E-state index is 13.1. The van der Waals surface area contributed by atoms with E-state index in [1.165, 1.54) is 19.2 Å². The van der Waals surface area contributed by atoms with E-state index >= 15 is 0 Å². The Morgan fingerprint density at radius 2 is 1.80 bits per heavy atom.